The highest BCUT2D eigenvalue weighted by Crippen LogP contribution is 2.02. The number of aromatic nitrogens is 2. The van der Waals surface area contributed by atoms with Gasteiger partial charge in [0.1, 0.15) is 5.82 Å². The van der Waals surface area contributed by atoms with Crippen LogP contribution < -0.4 is 5.11 Å². The average molecular weight is 167 g/mol. The molecule has 0 aliphatic carbocycles. The summed E-state index contributed by atoms with van der Waals surface area (Å²) < 4.78 is 1.79. The van der Waals surface area contributed by atoms with Gasteiger partial charge in [-0.05, 0) is 6.92 Å². The van der Waals surface area contributed by atoms with E-state index in [1.165, 1.54) is 0 Å². The van der Waals surface area contributed by atoms with Crippen molar-refractivity contribution < 1.29 is 9.90 Å². The lowest BCUT2D eigenvalue weighted by Crippen LogP contribution is -2.32. The first kappa shape index (κ1) is 8.77. The molecule has 1 aromatic heterocycles. The first-order valence-corrected chi connectivity index (χ1v) is 3.80. The molecular weight excluding hydrogens is 156 g/mol. The molecular formula is C8H11N2O2-. The van der Waals surface area contributed by atoms with Gasteiger partial charge in [0.05, 0.1) is 0 Å². The standard InChI is InChI=1S/C8H12N2O2/c1-6(8(11)12)5-10-4-3-9-7(10)2/h3-4,6H,5H2,1-2H3,(H,11,12)/p-1. The molecule has 1 heterocycles. The SMILES string of the molecule is Cc1nccn1CC(C)C(=O)[O-]. The maximum absolute atomic E-state index is 10.4. The van der Waals surface area contributed by atoms with E-state index in [1.54, 1.807) is 23.9 Å². The van der Waals surface area contributed by atoms with Gasteiger partial charge in [0.2, 0.25) is 0 Å². The van der Waals surface area contributed by atoms with Crippen LogP contribution in [0.25, 0.3) is 0 Å². The third-order valence-corrected chi connectivity index (χ3v) is 1.80. The molecule has 1 aromatic rings. The minimum absolute atomic E-state index is 0.425. The van der Waals surface area contributed by atoms with Crippen LogP contribution in [0.1, 0.15) is 12.7 Å². The van der Waals surface area contributed by atoms with E-state index in [0.29, 0.717) is 6.54 Å². The predicted octanol–water partition coefficient (Wildman–Crippen LogP) is -0.422. The van der Waals surface area contributed by atoms with Gasteiger partial charge in [0.15, 0.2) is 0 Å². The van der Waals surface area contributed by atoms with Crippen molar-refractivity contribution >= 4 is 5.97 Å². The van der Waals surface area contributed by atoms with Gasteiger partial charge in [-0.2, -0.15) is 0 Å². The van der Waals surface area contributed by atoms with Gasteiger partial charge in [-0.25, -0.2) is 4.98 Å². The van der Waals surface area contributed by atoms with Crippen molar-refractivity contribution in [3.05, 3.63) is 18.2 Å². The number of carbonyl (C=O) groups is 1. The summed E-state index contributed by atoms with van der Waals surface area (Å²) in [5, 5.41) is 10.4. The number of carbonyl (C=O) groups excluding carboxylic acids is 1. The number of aryl methyl sites for hydroxylation is 1. The smallest absolute Gasteiger partial charge is 0.105 e. The molecule has 0 aliphatic rings. The van der Waals surface area contributed by atoms with Crippen LogP contribution >= 0.6 is 0 Å². The molecule has 0 amide bonds. The number of rotatable bonds is 3. The average Bonchev–Trinajstić information content (AvgIpc) is 2.36. The lowest BCUT2D eigenvalue weighted by molar-refractivity contribution is -0.311. The number of carboxylic acids is 1. The van der Waals surface area contributed by atoms with E-state index in [0.717, 1.165) is 5.82 Å². The fraction of sp³-hybridized carbons (Fsp3) is 0.500. The van der Waals surface area contributed by atoms with Crippen LogP contribution in [0.5, 0.6) is 0 Å². The fourth-order valence-corrected chi connectivity index (χ4v) is 0.966. The predicted molar refractivity (Wildman–Crippen MR) is 41.1 cm³/mol. The van der Waals surface area contributed by atoms with Gasteiger partial charge in [0.25, 0.3) is 0 Å². The molecule has 0 saturated carbocycles. The van der Waals surface area contributed by atoms with Crippen molar-refractivity contribution in [2.45, 2.75) is 20.4 Å². The van der Waals surface area contributed by atoms with Crippen molar-refractivity contribution in [1.29, 1.82) is 0 Å². The molecule has 0 spiro atoms. The third kappa shape index (κ3) is 1.84. The molecule has 0 radical (unpaired) electrons. The lowest BCUT2D eigenvalue weighted by Gasteiger charge is -2.13. The third-order valence-electron chi connectivity index (χ3n) is 1.80. The van der Waals surface area contributed by atoms with E-state index in [4.69, 9.17) is 0 Å². The van der Waals surface area contributed by atoms with E-state index < -0.39 is 11.9 Å². The Morgan fingerprint density at radius 3 is 2.92 bits per heavy atom. The second-order valence-electron chi connectivity index (χ2n) is 2.85. The Hall–Kier alpha value is -1.32. The summed E-state index contributed by atoms with van der Waals surface area (Å²) in [6, 6.07) is 0. The molecule has 0 saturated heterocycles. The van der Waals surface area contributed by atoms with E-state index in [-0.39, 0.29) is 0 Å². The van der Waals surface area contributed by atoms with Crippen LogP contribution in [0.3, 0.4) is 0 Å². The van der Waals surface area contributed by atoms with Gasteiger partial charge < -0.3 is 14.5 Å². The molecule has 1 rings (SSSR count). The van der Waals surface area contributed by atoms with E-state index >= 15 is 0 Å². The molecule has 1 unspecified atom stereocenters. The lowest BCUT2D eigenvalue weighted by atomic mass is 10.2. The minimum Gasteiger partial charge on any atom is -0.550 e. The van der Waals surface area contributed by atoms with Crippen molar-refractivity contribution in [2.24, 2.45) is 5.92 Å². The van der Waals surface area contributed by atoms with Crippen LogP contribution in [-0.4, -0.2) is 15.5 Å². The zero-order valence-corrected chi connectivity index (χ0v) is 7.15. The summed E-state index contributed by atoms with van der Waals surface area (Å²) in [5.74, 6) is -0.677. The van der Waals surface area contributed by atoms with Crippen LogP contribution in [0.2, 0.25) is 0 Å². The number of imidazole rings is 1. The van der Waals surface area contributed by atoms with Crippen LogP contribution in [0.15, 0.2) is 12.4 Å². The Balaban J connectivity index is 2.64. The largest absolute Gasteiger partial charge is 0.550 e. The zero-order valence-electron chi connectivity index (χ0n) is 7.15. The molecule has 0 N–H and O–H groups in total. The Morgan fingerprint density at radius 1 is 1.83 bits per heavy atom. The molecule has 0 fully saturated rings. The summed E-state index contributed by atoms with van der Waals surface area (Å²) in [6.07, 6.45) is 3.41. The minimum atomic E-state index is -1.02. The Labute approximate surface area is 70.9 Å². The summed E-state index contributed by atoms with van der Waals surface area (Å²) in [6.45, 7) is 3.88. The monoisotopic (exact) mass is 167 g/mol. The van der Waals surface area contributed by atoms with Crippen molar-refractivity contribution in [2.75, 3.05) is 0 Å². The van der Waals surface area contributed by atoms with Crippen molar-refractivity contribution in [3.8, 4) is 0 Å². The van der Waals surface area contributed by atoms with Gasteiger partial charge >= 0.3 is 0 Å². The highest BCUT2D eigenvalue weighted by atomic mass is 16.4. The topological polar surface area (TPSA) is 58.0 Å². The summed E-state index contributed by atoms with van der Waals surface area (Å²) >= 11 is 0. The Morgan fingerprint density at radius 2 is 2.50 bits per heavy atom. The molecule has 12 heavy (non-hydrogen) atoms. The molecule has 1 atom stereocenters. The van der Waals surface area contributed by atoms with Crippen molar-refractivity contribution in [3.63, 3.8) is 0 Å². The van der Waals surface area contributed by atoms with Gasteiger partial charge in [-0.1, -0.05) is 6.92 Å². The maximum Gasteiger partial charge on any atom is 0.105 e. The van der Waals surface area contributed by atoms with E-state index in [1.807, 2.05) is 6.92 Å². The number of aliphatic carboxylic acids is 1. The molecule has 4 nitrogen and oxygen atoms in total. The van der Waals surface area contributed by atoms with Gasteiger partial charge in [-0.15, -0.1) is 0 Å². The maximum atomic E-state index is 10.4. The fourth-order valence-electron chi connectivity index (χ4n) is 0.966. The van der Waals surface area contributed by atoms with Gasteiger partial charge in [0, 0.05) is 30.8 Å². The van der Waals surface area contributed by atoms with Crippen LogP contribution in [-0.2, 0) is 11.3 Å². The number of hydrogen-bond acceptors (Lipinski definition) is 3. The highest BCUT2D eigenvalue weighted by molar-refractivity contribution is 5.66. The zero-order chi connectivity index (χ0) is 9.14. The summed E-state index contributed by atoms with van der Waals surface area (Å²) in [4.78, 5) is 14.4. The second kappa shape index (κ2) is 3.38. The first-order valence-electron chi connectivity index (χ1n) is 3.80. The second-order valence-corrected chi connectivity index (χ2v) is 2.85. The normalized spacial score (nSPS) is 12.8. The quantitative estimate of drug-likeness (QED) is 0.614. The van der Waals surface area contributed by atoms with Crippen LogP contribution in [0, 0.1) is 12.8 Å². The molecule has 0 bridgehead atoms. The van der Waals surface area contributed by atoms with E-state index in [9.17, 15) is 9.90 Å². The first-order chi connectivity index (χ1) is 5.61. The molecule has 0 aromatic carbocycles. The summed E-state index contributed by atoms with van der Waals surface area (Å²) in [7, 11) is 0. The molecule has 0 aliphatic heterocycles. The number of carboxylic acid groups (broad SMARTS) is 1. The summed E-state index contributed by atoms with van der Waals surface area (Å²) in [5.41, 5.74) is 0. The van der Waals surface area contributed by atoms with Gasteiger partial charge in [-0.3, -0.25) is 0 Å². The number of hydrogen-bond donors (Lipinski definition) is 0. The van der Waals surface area contributed by atoms with Crippen LogP contribution in [0.4, 0.5) is 0 Å². The highest BCUT2D eigenvalue weighted by Gasteiger charge is 2.04. The molecule has 66 valence electrons. The van der Waals surface area contributed by atoms with Crippen molar-refractivity contribution in [1.82, 2.24) is 9.55 Å². The Kier molecular flexibility index (Phi) is 2.47. The Bertz CT molecular complexity index is 280. The number of nitrogens with zero attached hydrogens (tertiary/aromatic N) is 2. The molecule has 4 heteroatoms. The van der Waals surface area contributed by atoms with E-state index in [2.05, 4.69) is 4.98 Å².